The fourth-order valence-electron chi connectivity index (χ4n) is 1.38. The molecule has 0 aromatic carbocycles. The summed E-state index contributed by atoms with van der Waals surface area (Å²) in [7, 11) is 1.60. The summed E-state index contributed by atoms with van der Waals surface area (Å²) >= 11 is 0. The molecule has 0 bridgehead atoms. The number of ether oxygens (including phenoxy) is 1. The van der Waals surface area contributed by atoms with Gasteiger partial charge in [0.2, 0.25) is 5.88 Å². The van der Waals surface area contributed by atoms with Crippen molar-refractivity contribution < 1.29 is 4.74 Å². The van der Waals surface area contributed by atoms with Crippen LogP contribution in [0, 0.1) is 5.92 Å². The Balaban J connectivity index is 2.33. The van der Waals surface area contributed by atoms with Crippen LogP contribution in [-0.4, -0.2) is 30.2 Å². The molecule has 1 heterocycles. The summed E-state index contributed by atoms with van der Waals surface area (Å²) < 4.78 is 5.11. The first-order valence-corrected chi connectivity index (χ1v) is 5.96. The van der Waals surface area contributed by atoms with Gasteiger partial charge in [0, 0.05) is 12.4 Å². The number of nitrogens with zero attached hydrogens (tertiary/aromatic N) is 2. The highest BCUT2D eigenvalue weighted by atomic mass is 16.5. The molecule has 0 aliphatic rings. The molecule has 0 saturated heterocycles. The molecular weight excluding hydrogens is 214 g/mol. The molecule has 4 nitrogen and oxygen atoms in total. The van der Waals surface area contributed by atoms with Crippen LogP contribution in [0.5, 0.6) is 5.88 Å². The number of hydrogen-bond donors (Lipinski definition) is 1. The zero-order valence-corrected chi connectivity index (χ0v) is 10.8. The third-order valence-corrected chi connectivity index (χ3v) is 2.20. The highest BCUT2D eigenvalue weighted by Gasteiger charge is 1.99. The maximum Gasteiger partial charge on any atom is 0.239 e. The largest absolute Gasteiger partial charge is 0.479 e. The van der Waals surface area contributed by atoms with Gasteiger partial charge in [-0.1, -0.05) is 19.9 Å². The second kappa shape index (κ2) is 7.79. The van der Waals surface area contributed by atoms with Gasteiger partial charge >= 0.3 is 0 Å². The van der Waals surface area contributed by atoms with E-state index in [1.165, 1.54) is 0 Å². The quantitative estimate of drug-likeness (QED) is 0.735. The number of aromatic nitrogens is 2. The minimum Gasteiger partial charge on any atom is -0.479 e. The van der Waals surface area contributed by atoms with Crippen molar-refractivity contribution >= 4 is 6.08 Å². The monoisotopic (exact) mass is 235 g/mol. The van der Waals surface area contributed by atoms with Gasteiger partial charge in [0.25, 0.3) is 0 Å². The third-order valence-electron chi connectivity index (χ3n) is 2.20. The lowest BCUT2D eigenvalue weighted by molar-refractivity contribution is 0.394. The Morgan fingerprint density at radius 2 is 2.12 bits per heavy atom. The Kier molecular flexibility index (Phi) is 6.25. The zero-order chi connectivity index (χ0) is 12.5. The van der Waals surface area contributed by atoms with E-state index in [4.69, 9.17) is 4.74 Å². The first-order valence-electron chi connectivity index (χ1n) is 5.96. The van der Waals surface area contributed by atoms with Crippen LogP contribution in [0.25, 0.3) is 6.08 Å². The molecule has 1 rings (SSSR count). The van der Waals surface area contributed by atoms with E-state index in [0.717, 1.165) is 25.2 Å². The number of hydrogen-bond acceptors (Lipinski definition) is 4. The van der Waals surface area contributed by atoms with Crippen molar-refractivity contribution in [3.63, 3.8) is 0 Å². The Hall–Kier alpha value is -1.42. The normalized spacial score (nSPS) is 11.3. The summed E-state index contributed by atoms with van der Waals surface area (Å²) in [5.74, 6) is 1.26. The molecule has 1 N–H and O–H groups in total. The van der Waals surface area contributed by atoms with Gasteiger partial charge in [-0.3, -0.25) is 0 Å². The molecular formula is C13H21N3O. The predicted molar refractivity (Wildman–Crippen MR) is 69.9 cm³/mol. The Labute approximate surface area is 103 Å². The molecule has 94 valence electrons. The number of rotatable bonds is 7. The van der Waals surface area contributed by atoms with Crippen molar-refractivity contribution in [1.29, 1.82) is 0 Å². The number of methoxy groups -OCH3 is 1. The molecule has 0 radical (unpaired) electrons. The summed E-state index contributed by atoms with van der Waals surface area (Å²) in [6.45, 7) is 6.44. The van der Waals surface area contributed by atoms with Crippen molar-refractivity contribution in [3.05, 3.63) is 24.2 Å². The minimum atomic E-state index is 0.568. The van der Waals surface area contributed by atoms with Crippen LogP contribution in [0.1, 0.15) is 26.0 Å². The zero-order valence-electron chi connectivity index (χ0n) is 10.8. The molecule has 0 fully saturated rings. The average Bonchev–Trinajstić information content (AvgIpc) is 2.33. The highest BCUT2D eigenvalue weighted by Crippen LogP contribution is 2.11. The van der Waals surface area contributed by atoms with Gasteiger partial charge in [0.1, 0.15) is 5.69 Å². The van der Waals surface area contributed by atoms with E-state index in [9.17, 15) is 0 Å². The van der Waals surface area contributed by atoms with E-state index < -0.39 is 0 Å². The van der Waals surface area contributed by atoms with Crippen LogP contribution < -0.4 is 10.1 Å². The molecule has 0 aliphatic carbocycles. The second-order valence-electron chi connectivity index (χ2n) is 4.24. The fourth-order valence-corrected chi connectivity index (χ4v) is 1.38. The minimum absolute atomic E-state index is 0.568. The molecule has 0 spiro atoms. The van der Waals surface area contributed by atoms with Gasteiger partial charge in [-0.2, -0.15) is 0 Å². The van der Waals surface area contributed by atoms with E-state index in [2.05, 4.69) is 35.2 Å². The molecule has 1 aromatic rings. The van der Waals surface area contributed by atoms with E-state index >= 15 is 0 Å². The fraction of sp³-hybridized carbons (Fsp3) is 0.538. The Morgan fingerprint density at radius 1 is 1.35 bits per heavy atom. The first-order chi connectivity index (χ1) is 8.24. The van der Waals surface area contributed by atoms with Gasteiger partial charge in [-0.25, -0.2) is 9.97 Å². The first kappa shape index (κ1) is 13.6. The average molecular weight is 235 g/mol. The lowest BCUT2D eigenvalue weighted by Crippen LogP contribution is -2.20. The molecule has 17 heavy (non-hydrogen) atoms. The molecule has 1 aromatic heterocycles. The summed E-state index contributed by atoms with van der Waals surface area (Å²) in [5, 5.41) is 3.38. The van der Waals surface area contributed by atoms with E-state index in [1.54, 1.807) is 19.5 Å². The van der Waals surface area contributed by atoms with Crippen LogP contribution in [-0.2, 0) is 0 Å². The van der Waals surface area contributed by atoms with E-state index in [0.29, 0.717) is 11.8 Å². The third kappa shape index (κ3) is 5.45. The van der Waals surface area contributed by atoms with Crippen LogP contribution in [0.2, 0.25) is 0 Å². The van der Waals surface area contributed by atoms with Crippen LogP contribution in [0.3, 0.4) is 0 Å². The second-order valence-corrected chi connectivity index (χ2v) is 4.24. The SMILES string of the molecule is COc1nccnc1/C=C/CCNCC(C)C. The van der Waals surface area contributed by atoms with Gasteiger partial charge in [0.15, 0.2) is 0 Å². The molecule has 0 aliphatic heterocycles. The maximum absolute atomic E-state index is 5.11. The summed E-state index contributed by atoms with van der Waals surface area (Å²) in [6, 6.07) is 0. The maximum atomic E-state index is 5.11. The summed E-state index contributed by atoms with van der Waals surface area (Å²) in [6.07, 6.45) is 8.30. The lowest BCUT2D eigenvalue weighted by Gasteiger charge is -2.05. The Morgan fingerprint density at radius 3 is 2.82 bits per heavy atom. The van der Waals surface area contributed by atoms with Crippen molar-refractivity contribution in [2.24, 2.45) is 5.92 Å². The topological polar surface area (TPSA) is 47.0 Å². The van der Waals surface area contributed by atoms with Gasteiger partial charge < -0.3 is 10.1 Å². The van der Waals surface area contributed by atoms with Gasteiger partial charge in [0.05, 0.1) is 7.11 Å². The van der Waals surface area contributed by atoms with Gasteiger partial charge in [-0.05, 0) is 31.5 Å². The molecule has 0 amide bonds. The summed E-state index contributed by atoms with van der Waals surface area (Å²) in [4.78, 5) is 8.28. The van der Waals surface area contributed by atoms with E-state index in [-0.39, 0.29) is 0 Å². The highest BCUT2D eigenvalue weighted by molar-refractivity contribution is 5.49. The number of nitrogens with one attached hydrogen (secondary N) is 1. The van der Waals surface area contributed by atoms with E-state index in [1.807, 2.05) is 6.08 Å². The van der Waals surface area contributed by atoms with Gasteiger partial charge in [-0.15, -0.1) is 0 Å². The summed E-state index contributed by atoms with van der Waals surface area (Å²) in [5.41, 5.74) is 0.777. The molecule has 0 unspecified atom stereocenters. The van der Waals surface area contributed by atoms with Crippen LogP contribution >= 0.6 is 0 Å². The lowest BCUT2D eigenvalue weighted by atomic mass is 10.2. The van der Waals surface area contributed by atoms with Crippen molar-refractivity contribution in [3.8, 4) is 5.88 Å². The van der Waals surface area contributed by atoms with Crippen molar-refractivity contribution in [1.82, 2.24) is 15.3 Å². The van der Waals surface area contributed by atoms with Crippen molar-refractivity contribution in [2.45, 2.75) is 20.3 Å². The Bertz CT molecular complexity index is 350. The molecule has 0 saturated carbocycles. The van der Waals surface area contributed by atoms with Crippen LogP contribution in [0.15, 0.2) is 18.5 Å². The van der Waals surface area contributed by atoms with Crippen LogP contribution in [0.4, 0.5) is 0 Å². The van der Waals surface area contributed by atoms with Crippen molar-refractivity contribution in [2.75, 3.05) is 20.2 Å². The molecule has 4 heteroatoms. The standard InChI is InChI=1S/C13H21N3O/c1-11(2)10-14-7-5-4-6-12-13(17-3)16-9-8-15-12/h4,6,8-9,11,14H,5,7,10H2,1-3H3/b6-4+. The smallest absolute Gasteiger partial charge is 0.239 e. The molecule has 0 atom stereocenters. The predicted octanol–water partition coefficient (Wildman–Crippen LogP) is 2.13.